The van der Waals surface area contributed by atoms with Crippen molar-refractivity contribution in [3.63, 3.8) is 0 Å². The van der Waals surface area contributed by atoms with E-state index in [-0.39, 0.29) is 32.0 Å². The third-order valence-electron chi connectivity index (χ3n) is 8.53. The van der Waals surface area contributed by atoms with Gasteiger partial charge in [0, 0.05) is 62.8 Å². The third kappa shape index (κ3) is 19.6. The first-order valence-corrected chi connectivity index (χ1v) is 22.1. The molecule has 0 radical (unpaired) electrons. The van der Waals surface area contributed by atoms with Gasteiger partial charge >= 0.3 is 5.84 Å². The number of benzene rings is 1. The fourth-order valence-electron chi connectivity index (χ4n) is 5.57. The number of aromatic nitrogens is 5. The van der Waals surface area contributed by atoms with Gasteiger partial charge in [-0.1, -0.05) is 46.6 Å². The van der Waals surface area contributed by atoms with Gasteiger partial charge in [-0.2, -0.15) is 23.5 Å². The molecule has 1 aromatic carbocycles. The minimum atomic E-state index is -0.771. The highest BCUT2D eigenvalue weighted by Gasteiger charge is 2.24. The molecule has 0 fully saturated rings. The number of hydrogen-bond acceptors (Lipinski definition) is 14. The maximum Gasteiger partial charge on any atom is 0.361 e. The normalized spacial score (nSPS) is 14.4. The highest BCUT2D eigenvalue weighted by molar-refractivity contribution is 7.99. The maximum atomic E-state index is 10.6. The van der Waals surface area contributed by atoms with Crippen molar-refractivity contribution in [2.45, 2.75) is 57.3 Å². The zero-order valence-electron chi connectivity index (χ0n) is 33.5. The summed E-state index contributed by atoms with van der Waals surface area (Å²) in [6, 6.07) is 10.0. The van der Waals surface area contributed by atoms with Crippen molar-refractivity contribution in [2.24, 2.45) is 10.7 Å². The summed E-state index contributed by atoms with van der Waals surface area (Å²) in [5.74, 6) is 5.56. The first-order chi connectivity index (χ1) is 28.1. The molecule has 0 aliphatic carbocycles. The SMILES string of the molecule is C=CCOCC(COCc1ccccc1)OCC(COCCCSCCN)OCC(O)COCCCSCCn1cc(CCn2ccnc2C2=NCC=[N+]2C)nn1. The lowest BCUT2D eigenvalue weighted by Crippen LogP contribution is -2.35. The Kier molecular flexibility index (Phi) is 24.0. The lowest BCUT2D eigenvalue weighted by Gasteiger charge is -2.24. The standard InChI is InChI=1S/C40H63N8O7S2/c1-3-19-50-30-37(32-53-27-34-9-5-4-6-10-34)55-33-38(31-52-21-8-22-56-24-12-41)54-29-36(49)28-51-20-7-23-57-25-18-48-26-35(44-45-48)11-15-47-17-14-43-40(47)39-42-13-16-46(39)2/h3-6,9-10,14,16-17,26,36-38,49H,1,7-8,11-13,15,18-25,27-33,41H2,2H3/q+1. The smallest absolute Gasteiger partial charge is 0.361 e. The molecule has 0 spiro atoms. The number of amidine groups is 1. The van der Waals surface area contributed by atoms with E-state index in [0.717, 1.165) is 78.3 Å². The van der Waals surface area contributed by atoms with Gasteiger partial charge in [0.2, 0.25) is 5.82 Å². The Morgan fingerprint density at radius 3 is 2.42 bits per heavy atom. The van der Waals surface area contributed by atoms with Gasteiger partial charge in [-0.15, -0.1) is 11.7 Å². The van der Waals surface area contributed by atoms with Crippen molar-refractivity contribution >= 4 is 35.6 Å². The second kappa shape index (κ2) is 29.3. The molecule has 17 heteroatoms. The summed E-state index contributed by atoms with van der Waals surface area (Å²) in [7, 11) is 1.99. The highest BCUT2D eigenvalue weighted by Crippen LogP contribution is 2.10. The molecule has 1 aliphatic rings. The molecule has 3 atom stereocenters. The number of ether oxygens (including phenoxy) is 6. The fourth-order valence-corrected chi connectivity index (χ4v) is 7.10. The van der Waals surface area contributed by atoms with Gasteiger partial charge in [-0.3, -0.25) is 4.68 Å². The molecule has 316 valence electrons. The fraction of sp³-hybridized carbons (Fsp3) is 0.625. The Balaban J connectivity index is 1.08. The second-order valence-corrected chi connectivity index (χ2v) is 15.8. The molecule has 3 N–H and O–H groups in total. The molecule has 3 heterocycles. The summed E-state index contributed by atoms with van der Waals surface area (Å²) in [5, 5.41) is 19.3. The molecule has 0 amide bonds. The number of thioether (sulfide) groups is 2. The largest absolute Gasteiger partial charge is 0.388 e. The minimum absolute atomic E-state index is 0.107. The first kappa shape index (κ1) is 46.7. The van der Waals surface area contributed by atoms with Gasteiger partial charge in [0.05, 0.1) is 72.1 Å². The van der Waals surface area contributed by atoms with Crippen LogP contribution in [0, 0.1) is 0 Å². The van der Waals surface area contributed by atoms with E-state index >= 15 is 0 Å². The zero-order chi connectivity index (χ0) is 40.2. The van der Waals surface area contributed by atoms with Crippen LogP contribution in [0.4, 0.5) is 0 Å². The molecule has 4 rings (SSSR count). The molecule has 15 nitrogen and oxygen atoms in total. The molecule has 0 bridgehead atoms. The monoisotopic (exact) mass is 831 g/mol. The van der Waals surface area contributed by atoms with Crippen LogP contribution in [0.5, 0.6) is 0 Å². The summed E-state index contributed by atoms with van der Waals surface area (Å²) >= 11 is 3.66. The van der Waals surface area contributed by atoms with E-state index in [1.54, 1.807) is 6.08 Å². The Hall–Kier alpha value is -2.97. The molecule has 3 unspecified atom stereocenters. The number of imidazole rings is 1. The van der Waals surface area contributed by atoms with Crippen molar-refractivity contribution < 1.29 is 38.1 Å². The Bertz CT molecular complexity index is 1560. The van der Waals surface area contributed by atoms with Crippen molar-refractivity contribution in [3.05, 3.63) is 78.7 Å². The number of rotatable bonds is 35. The van der Waals surface area contributed by atoms with Crippen LogP contribution in [0.25, 0.3) is 0 Å². The van der Waals surface area contributed by atoms with E-state index in [1.807, 2.05) is 95.0 Å². The van der Waals surface area contributed by atoms with Crippen LogP contribution < -0.4 is 5.73 Å². The van der Waals surface area contributed by atoms with Crippen LogP contribution in [0.15, 0.2) is 66.6 Å². The molecule has 1 aliphatic heterocycles. The van der Waals surface area contributed by atoms with E-state index in [9.17, 15) is 5.11 Å². The van der Waals surface area contributed by atoms with E-state index in [1.165, 1.54) is 0 Å². The highest BCUT2D eigenvalue weighted by atomic mass is 32.2. The number of aliphatic hydroxyl groups is 1. The van der Waals surface area contributed by atoms with Crippen molar-refractivity contribution in [1.29, 1.82) is 0 Å². The number of aliphatic imine (C=N–C) groups is 1. The lowest BCUT2D eigenvalue weighted by molar-refractivity contribution is -0.361. The number of hydrogen-bond donors (Lipinski definition) is 2. The Morgan fingerprint density at radius 2 is 1.65 bits per heavy atom. The molecule has 3 aromatic rings. The van der Waals surface area contributed by atoms with Crippen LogP contribution in [0.1, 0.15) is 29.9 Å². The number of nitrogens with zero attached hydrogens (tertiary/aromatic N) is 7. The summed E-state index contributed by atoms with van der Waals surface area (Å²) < 4.78 is 41.7. The van der Waals surface area contributed by atoms with Crippen molar-refractivity contribution in [2.75, 3.05) is 103 Å². The zero-order valence-corrected chi connectivity index (χ0v) is 35.1. The number of nitrogens with two attached hydrogens (primary N) is 1. The quantitative estimate of drug-likeness (QED) is 0.0506. The molecular formula is C40H63N8O7S2+. The van der Waals surface area contributed by atoms with Crippen LogP contribution in [0.2, 0.25) is 0 Å². The molecule has 2 aromatic heterocycles. The van der Waals surface area contributed by atoms with E-state index < -0.39 is 6.10 Å². The van der Waals surface area contributed by atoms with Gasteiger partial charge in [0.25, 0.3) is 0 Å². The average molecular weight is 832 g/mol. The van der Waals surface area contributed by atoms with Gasteiger partial charge in [-0.05, 0) is 29.9 Å². The molecular weight excluding hydrogens is 769 g/mol. The van der Waals surface area contributed by atoms with Crippen molar-refractivity contribution in [3.8, 4) is 0 Å². The van der Waals surface area contributed by atoms with Crippen LogP contribution >= 0.6 is 23.5 Å². The molecule has 0 saturated carbocycles. The summed E-state index contributed by atoms with van der Waals surface area (Å²) in [5.41, 5.74) is 7.63. The average Bonchev–Trinajstić information content (AvgIpc) is 3.99. The molecule has 0 saturated heterocycles. The van der Waals surface area contributed by atoms with Crippen LogP contribution in [0.3, 0.4) is 0 Å². The third-order valence-corrected chi connectivity index (χ3v) is 10.7. The van der Waals surface area contributed by atoms with Crippen molar-refractivity contribution in [1.82, 2.24) is 24.5 Å². The maximum absolute atomic E-state index is 10.6. The molecule has 57 heavy (non-hydrogen) atoms. The van der Waals surface area contributed by atoms with Gasteiger partial charge < -0.3 is 43.8 Å². The number of aliphatic hydroxyl groups excluding tert-OH is 1. The van der Waals surface area contributed by atoms with Gasteiger partial charge in [0.1, 0.15) is 24.5 Å². The van der Waals surface area contributed by atoms with Crippen LogP contribution in [-0.4, -0.2) is 167 Å². The second-order valence-electron chi connectivity index (χ2n) is 13.4. The number of aryl methyl sites for hydroxylation is 3. The topological polar surface area (TPSA) is 166 Å². The lowest BCUT2D eigenvalue weighted by atomic mass is 10.2. The van der Waals surface area contributed by atoms with Gasteiger partial charge in [0.15, 0.2) is 6.54 Å². The van der Waals surface area contributed by atoms with E-state index in [0.29, 0.717) is 59.3 Å². The van der Waals surface area contributed by atoms with E-state index in [4.69, 9.17) is 34.2 Å². The summed E-state index contributed by atoms with van der Waals surface area (Å²) in [6.45, 7) is 10.3. The Labute approximate surface area is 346 Å². The summed E-state index contributed by atoms with van der Waals surface area (Å²) in [6.07, 6.45) is 10.6. The van der Waals surface area contributed by atoms with Crippen LogP contribution in [-0.2, 0) is 54.5 Å². The van der Waals surface area contributed by atoms with Gasteiger partial charge in [-0.25, -0.2) is 9.56 Å². The van der Waals surface area contributed by atoms with E-state index in [2.05, 4.69) is 31.4 Å². The predicted molar refractivity (Wildman–Crippen MR) is 227 cm³/mol. The minimum Gasteiger partial charge on any atom is -0.388 e. The Morgan fingerprint density at radius 1 is 0.912 bits per heavy atom. The summed E-state index contributed by atoms with van der Waals surface area (Å²) in [4.78, 5) is 9.04. The first-order valence-electron chi connectivity index (χ1n) is 19.8. The predicted octanol–water partition coefficient (Wildman–Crippen LogP) is 2.98.